The predicted octanol–water partition coefficient (Wildman–Crippen LogP) is 1.13. The second-order valence-electron chi connectivity index (χ2n) is 5.42. The molecule has 6 heteroatoms. The molecule has 2 heterocycles. The fourth-order valence-corrected chi connectivity index (χ4v) is 2.76. The smallest absolute Gasteiger partial charge is 0.320 e. The van der Waals surface area contributed by atoms with Crippen LogP contribution in [0.25, 0.3) is 0 Å². The molecule has 1 fully saturated rings. The Bertz CT molecular complexity index is 568. The lowest BCUT2D eigenvalue weighted by Gasteiger charge is -2.25. The fraction of sp³-hybridized carbons (Fsp3) is 0.400. The van der Waals surface area contributed by atoms with Crippen LogP contribution < -0.4 is 16.0 Å². The summed E-state index contributed by atoms with van der Waals surface area (Å²) in [6.45, 7) is 0. The maximum Gasteiger partial charge on any atom is 0.320 e. The first-order chi connectivity index (χ1) is 10.2. The molecule has 0 aromatic carbocycles. The molecular formula is C15H18N4O2. The van der Waals surface area contributed by atoms with E-state index in [4.69, 9.17) is 0 Å². The summed E-state index contributed by atoms with van der Waals surface area (Å²) in [7, 11) is 0. The van der Waals surface area contributed by atoms with Gasteiger partial charge in [-0.2, -0.15) is 0 Å². The van der Waals surface area contributed by atoms with Gasteiger partial charge < -0.3 is 10.6 Å². The molecule has 0 aromatic heterocycles. The lowest BCUT2D eigenvalue weighted by atomic mass is 10.1. The molecule has 1 saturated carbocycles. The van der Waals surface area contributed by atoms with E-state index in [9.17, 15) is 9.59 Å². The highest BCUT2D eigenvalue weighted by Gasteiger charge is 2.21. The Balaban J connectivity index is 1.60. The van der Waals surface area contributed by atoms with Crippen LogP contribution in [-0.4, -0.2) is 30.6 Å². The van der Waals surface area contributed by atoms with Gasteiger partial charge in [-0.25, -0.2) is 4.79 Å². The quantitative estimate of drug-likeness (QED) is 0.680. The van der Waals surface area contributed by atoms with Crippen molar-refractivity contribution in [3.63, 3.8) is 0 Å². The van der Waals surface area contributed by atoms with Gasteiger partial charge in [-0.1, -0.05) is 12.8 Å². The number of nitrogens with one attached hydrogen (secondary N) is 3. The van der Waals surface area contributed by atoms with Gasteiger partial charge in [-0.3, -0.25) is 15.1 Å². The molecule has 0 bridgehead atoms. The van der Waals surface area contributed by atoms with Gasteiger partial charge in [0.05, 0.1) is 11.7 Å². The highest BCUT2D eigenvalue weighted by molar-refractivity contribution is 6.03. The zero-order chi connectivity index (χ0) is 14.7. The number of aldehydes is 1. The number of dihydropyridines is 2. The molecule has 1 unspecified atom stereocenters. The molecule has 1 aliphatic carbocycles. The van der Waals surface area contributed by atoms with Gasteiger partial charge in [-0.15, -0.1) is 0 Å². The maximum atomic E-state index is 11.9. The van der Waals surface area contributed by atoms with Crippen molar-refractivity contribution in [2.24, 2.45) is 4.99 Å². The summed E-state index contributed by atoms with van der Waals surface area (Å²) in [5.41, 5.74) is 1.35. The molecule has 2 amide bonds. The van der Waals surface area contributed by atoms with Crippen LogP contribution in [0.5, 0.6) is 0 Å². The van der Waals surface area contributed by atoms with Crippen molar-refractivity contribution >= 4 is 18.5 Å². The summed E-state index contributed by atoms with van der Waals surface area (Å²) < 4.78 is 0. The molecule has 3 N–H and O–H groups in total. The molecule has 6 nitrogen and oxygen atoms in total. The highest BCUT2D eigenvalue weighted by Crippen LogP contribution is 2.18. The zero-order valence-corrected chi connectivity index (χ0v) is 11.6. The normalized spacial score (nSPS) is 24.2. The number of allylic oxidation sites excluding steroid dienone is 3. The van der Waals surface area contributed by atoms with E-state index >= 15 is 0 Å². The molecule has 3 aliphatic rings. The number of hydrogen-bond acceptors (Lipinski definition) is 4. The predicted molar refractivity (Wildman–Crippen MR) is 79.7 cm³/mol. The minimum atomic E-state index is -0.198. The second-order valence-corrected chi connectivity index (χ2v) is 5.42. The first kappa shape index (κ1) is 13.6. The van der Waals surface area contributed by atoms with Crippen LogP contribution in [0, 0.1) is 0 Å². The minimum absolute atomic E-state index is 0.179. The van der Waals surface area contributed by atoms with E-state index in [1.165, 1.54) is 19.1 Å². The van der Waals surface area contributed by atoms with Crippen molar-refractivity contribution in [1.29, 1.82) is 0 Å². The first-order valence-corrected chi connectivity index (χ1v) is 7.21. The Morgan fingerprint density at radius 1 is 1.33 bits per heavy atom. The van der Waals surface area contributed by atoms with E-state index in [1.807, 2.05) is 6.08 Å². The highest BCUT2D eigenvalue weighted by atomic mass is 16.2. The molecule has 3 rings (SSSR count). The van der Waals surface area contributed by atoms with Crippen LogP contribution >= 0.6 is 0 Å². The molecule has 0 aromatic rings. The molecular weight excluding hydrogens is 268 g/mol. The van der Waals surface area contributed by atoms with Gasteiger partial charge in [0.25, 0.3) is 0 Å². The number of urea groups is 1. The number of rotatable bonds is 3. The topological polar surface area (TPSA) is 82.6 Å². The Kier molecular flexibility index (Phi) is 3.85. The largest absolute Gasteiger partial charge is 0.360 e. The Hall–Kier alpha value is -2.37. The van der Waals surface area contributed by atoms with Gasteiger partial charge in [0.1, 0.15) is 5.82 Å². The molecule has 0 spiro atoms. The van der Waals surface area contributed by atoms with Crippen molar-refractivity contribution in [2.45, 2.75) is 37.8 Å². The lowest BCUT2D eigenvalue weighted by molar-refractivity contribution is -0.104. The minimum Gasteiger partial charge on any atom is -0.360 e. The van der Waals surface area contributed by atoms with Crippen LogP contribution in [0.2, 0.25) is 0 Å². The SMILES string of the molecule is O=CC1=CC2NC(NC(=O)NC3CCCC3)=CC=C2N=C1. The zero-order valence-electron chi connectivity index (χ0n) is 11.6. The molecule has 2 aliphatic heterocycles. The Labute approximate surface area is 123 Å². The Morgan fingerprint density at radius 2 is 2.14 bits per heavy atom. The summed E-state index contributed by atoms with van der Waals surface area (Å²) >= 11 is 0. The number of fused-ring (bicyclic) bond motifs is 1. The van der Waals surface area contributed by atoms with Crippen molar-refractivity contribution in [3.05, 3.63) is 35.3 Å². The summed E-state index contributed by atoms with van der Waals surface area (Å²) in [6, 6.07) is -0.0977. The van der Waals surface area contributed by atoms with Crippen LogP contribution in [0.15, 0.2) is 40.3 Å². The van der Waals surface area contributed by atoms with Crippen LogP contribution in [0.3, 0.4) is 0 Å². The van der Waals surface area contributed by atoms with Crippen LogP contribution in [0.1, 0.15) is 25.7 Å². The second kappa shape index (κ2) is 5.95. The van der Waals surface area contributed by atoms with Crippen molar-refractivity contribution in [2.75, 3.05) is 0 Å². The van der Waals surface area contributed by atoms with Crippen molar-refractivity contribution in [3.8, 4) is 0 Å². The number of carbonyl (C=O) groups is 2. The van der Waals surface area contributed by atoms with Crippen LogP contribution in [0.4, 0.5) is 4.79 Å². The average molecular weight is 286 g/mol. The monoisotopic (exact) mass is 286 g/mol. The van der Waals surface area contributed by atoms with Crippen LogP contribution in [-0.2, 0) is 4.79 Å². The van der Waals surface area contributed by atoms with E-state index in [-0.39, 0.29) is 18.1 Å². The first-order valence-electron chi connectivity index (χ1n) is 7.21. The van der Waals surface area contributed by atoms with Gasteiger partial charge in [0, 0.05) is 17.8 Å². The lowest BCUT2D eigenvalue weighted by Crippen LogP contribution is -2.46. The van der Waals surface area contributed by atoms with E-state index in [1.54, 1.807) is 12.2 Å². The summed E-state index contributed by atoms with van der Waals surface area (Å²) in [5, 5.41) is 8.91. The van der Waals surface area contributed by atoms with Gasteiger partial charge in [0.2, 0.25) is 0 Å². The standard InChI is InChI=1S/C15H18N4O2/c20-9-10-7-13-12(16-8-10)5-6-14(18-13)19-15(21)17-11-3-1-2-4-11/h5-9,11,13,18H,1-4H2,(H2,17,19,21). The maximum absolute atomic E-state index is 11.9. The van der Waals surface area contributed by atoms with E-state index in [2.05, 4.69) is 20.9 Å². The molecule has 21 heavy (non-hydrogen) atoms. The van der Waals surface area contributed by atoms with Crippen molar-refractivity contribution in [1.82, 2.24) is 16.0 Å². The molecule has 0 radical (unpaired) electrons. The molecule has 0 saturated heterocycles. The van der Waals surface area contributed by atoms with E-state index in [0.717, 1.165) is 24.8 Å². The summed E-state index contributed by atoms with van der Waals surface area (Å²) in [5.74, 6) is 0.609. The number of nitrogens with zero attached hydrogens (tertiary/aromatic N) is 1. The average Bonchev–Trinajstić information content (AvgIpc) is 2.99. The Morgan fingerprint density at radius 3 is 2.90 bits per heavy atom. The third-order valence-corrected chi connectivity index (χ3v) is 3.85. The number of aliphatic imine (C=N–C) groups is 1. The summed E-state index contributed by atoms with van der Waals surface area (Å²) in [4.78, 5) is 26.9. The van der Waals surface area contributed by atoms with E-state index < -0.39 is 0 Å². The number of amides is 2. The third kappa shape index (κ3) is 3.21. The fourth-order valence-electron chi connectivity index (χ4n) is 2.76. The van der Waals surface area contributed by atoms with Gasteiger partial charge in [-0.05, 0) is 31.1 Å². The number of carbonyl (C=O) groups excluding carboxylic acids is 2. The summed E-state index contributed by atoms with van der Waals surface area (Å²) in [6.07, 6.45) is 12.2. The van der Waals surface area contributed by atoms with Gasteiger partial charge in [0.15, 0.2) is 6.29 Å². The third-order valence-electron chi connectivity index (χ3n) is 3.85. The van der Waals surface area contributed by atoms with Gasteiger partial charge >= 0.3 is 6.03 Å². The molecule has 1 atom stereocenters. The van der Waals surface area contributed by atoms with Crippen molar-refractivity contribution < 1.29 is 9.59 Å². The van der Waals surface area contributed by atoms with E-state index in [0.29, 0.717) is 11.4 Å². The molecule has 110 valence electrons. The number of hydrogen-bond donors (Lipinski definition) is 3.